The van der Waals surface area contributed by atoms with Gasteiger partial charge in [-0.2, -0.15) is 0 Å². The van der Waals surface area contributed by atoms with E-state index in [0.29, 0.717) is 5.56 Å². The van der Waals surface area contributed by atoms with Gasteiger partial charge in [0.25, 0.3) is 5.91 Å². The Labute approximate surface area is 133 Å². The van der Waals surface area contributed by atoms with Crippen molar-refractivity contribution in [3.63, 3.8) is 0 Å². The molecule has 0 saturated heterocycles. The SMILES string of the molecule is C[C@@H](OC(=O)CCNC(=O)c1ccco1)C(=O)c1ccccc1. The first-order valence-corrected chi connectivity index (χ1v) is 7.18. The van der Waals surface area contributed by atoms with Crippen molar-refractivity contribution in [3.8, 4) is 0 Å². The Morgan fingerprint density at radius 1 is 1.13 bits per heavy atom. The number of esters is 1. The van der Waals surface area contributed by atoms with Crippen molar-refractivity contribution in [2.45, 2.75) is 19.4 Å². The third kappa shape index (κ3) is 4.81. The first-order chi connectivity index (χ1) is 11.1. The van der Waals surface area contributed by atoms with Gasteiger partial charge >= 0.3 is 5.97 Å². The van der Waals surface area contributed by atoms with Crippen LogP contribution >= 0.6 is 0 Å². The third-order valence-corrected chi connectivity index (χ3v) is 3.10. The van der Waals surface area contributed by atoms with Crippen molar-refractivity contribution < 1.29 is 23.5 Å². The molecular formula is C17H17NO5. The van der Waals surface area contributed by atoms with Gasteiger partial charge in [-0.1, -0.05) is 30.3 Å². The van der Waals surface area contributed by atoms with Crippen molar-refractivity contribution in [2.24, 2.45) is 0 Å². The van der Waals surface area contributed by atoms with Crippen LogP contribution in [-0.2, 0) is 9.53 Å². The fourth-order valence-electron chi connectivity index (χ4n) is 1.92. The lowest BCUT2D eigenvalue weighted by molar-refractivity contribution is -0.146. The van der Waals surface area contributed by atoms with Gasteiger partial charge in [0.15, 0.2) is 11.9 Å². The van der Waals surface area contributed by atoms with Crippen molar-refractivity contribution in [3.05, 3.63) is 60.1 Å². The summed E-state index contributed by atoms with van der Waals surface area (Å²) >= 11 is 0. The Bertz CT molecular complexity index is 664. The molecule has 6 heteroatoms. The summed E-state index contributed by atoms with van der Waals surface area (Å²) in [6, 6.07) is 11.7. The number of hydrogen-bond donors (Lipinski definition) is 1. The van der Waals surface area contributed by atoms with E-state index in [1.165, 1.54) is 19.3 Å². The van der Waals surface area contributed by atoms with E-state index in [2.05, 4.69) is 5.32 Å². The molecule has 0 aliphatic heterocycles. The molecule has 2 rings (SSSR count). The van der Waals surface area contributed by atoms with Gasteiger partial charge in [0.2, 0.25) is 5.78 Å². The van der Waals surface area contributed by atoms with Crippen LogP contribution in [0.15, 0.2) is 53.1 Å². The average molecular weight is 315 g/mol. The van der Waals surface area contributed by atoms with Gasteiger partial charge < -0.3 is 14.5 Å². The second-order valence-corrected chi connectivity index (χ2v) is 4.85. The summed E-state index contributed by atoms with van der Waals surface area (Å²) in [6.45, 7) is 1.62. The molecule has 0 saturated carbocycles. The fourth-order valence-corrected chi connectivity index (χ4v) is 1.92. The van der Waals surface area contributed by atoms with Crippen LogP contribution < -0.4 is 5.32 Å². The molecular weight excluding hydrogens is 298 g/mol. The second-order valence-electron chi connectivity index (χ2n) is 4.85. The molecule has 120 valence electrons. The Kier molecular flexibility index (Phi) is 5.68. The number of Topliss-reactive ketones (excluding diaryl/α,β-unsaturated/α-hetero) is 1. The number of nitrogens with one attached hydrogen (secondary N) is 1. The number of ether oxygens (including phenoxy) is 1. The highest BCUT2D eigenvalue weighted by molar-refractivity contribution is 6.00. The molecule has 1 atom stereocenters. The lowest BCUT2D eigenvalue weighted by atomic mass is 10.1. The zero-order valence-electron chi connectivity index (χ0n) is 12.7. The van der Waals surface area contributed by atoms with E-state index in [4.69, 9.17) is 9.15 Å². The Balaban J connectivity index is 1.74. The smallest absolute Gasteiger partial charge is 0.308 e. The molecule has 1 aromatic carbocycles. The van der Waals surface area contributed by atoms with E-state index in [0.717, 1.165) is 0 Å². The first kappa shape index (κ1) is 16.5. The summed E-state index contributed by atoms with van der Waals surface area (Å²) in [7, 11) is 0. The van der Waals surface area contributed by atoms with Crippen LogP contribution in [-0.4, -0.2) is 30.3 Å². The molecule has 23 heavy (non-hydrogen) atoms. The van der Waals surface area contributed by atoms with Crippen molar-refractivity contribution in [1.82, 2.24) is 5.32 Å². The Morgan fingerprint density at radius 2 is 1.87 bits per heavy atom. The van der Waals surface area contributed by atoms with E-state index < -0.39 is 18.0 Å². The normalized spacial score (nSPS) is 11.5. The molecule has 2 aromatic rings. The third-order valence-electron chi connectivity index (χ3n) is 3.10. The molecule has 6 nitrogen and oxygen atoms in total. The number of hydrogen-bond acceptors (Lipinski definition) is 5. The number of benzene rings is 1. The Hall–Kier alpha value is -2.89. The highest BCUT2D eigenvalue weighted by Gasteiger charge is 2.19. The van der Waals surface area contributed by atoms with E-state index in [1.54, 1.807) is 36.4 Å². The molecule has 1 N–H and O–H groups in total. The van der Waals surface area contributed by atoms with Crippen LogP contribution in [0.5, 0.6) is 0 Å². The van der Waals surface area contributed by atoms with Crippen LogP contribution in [0, 0.1) is 0 Å². The second kappa shape index (κ2) is 7.93. The summed E-state index contributed by atoms with van der Waals surface area (Å²) in [6.07, 6.45) is 0.490. The van der Waals surface area contributed by atoms with Gasteiger partial charge in [-0.15, -0.1) is 0 Å². The van der Waals surface area contributed by atoms with Crippen LogP contribution in [0.1, 0.15) is 34.3 Å². The maximum Gasteiger partial charge on any atom is 0.308 e. The lowest BCUT2D eigenvalue weighted by Crippen LogP contribution is -2.29. The van der Waals surface area contributed by atoms with Crippen LogP contribution in [0.25, 0.3) is 0 Å². The number of furan rings is 1. The number of carbonyl (C=O) groups excluding carboxylic acids is 3. The number of ketones is 1. The molecule has 1 aromatic heterocycles. The number of amides is 1. The summed E-state index contributed by atoms with van der Waals surface area (Å²) < 4.78 is 10.0. The van der Waals surface area contributed by atoms with Crippen molar-refractivity contribution >= 4 is 17.7 Å². The predicted molar refractivity (Wildman–Crippen MR) is 82.0 cm³/mol. The maximum absolute atomic E-state index is 12.1. The number of rotatable bonds is 7. The highest BCUT2D eigenvalue weighted by Crippen LogP contribution is 2.07. The zero-order chi connectivity index (χ0) is 16.7. The van der Waals surface area contributed by atoms with Gasteiger partial charge in [0.05, 0.1) is 12.7 Å². The molecule has 0 spiro atoms. The van der Waals surface area contributed by atoms with Gasteiger partial charge in [-0.05, 0) is 19.1 Å². The van der Waals surface area contributed by atoms with Crippen LogP contribution in [0.3, 0.4) is 0 Å². The van der Waals surface area contributed by atoms with Crippen molar-refractivity contribution in [2.75, 3.05) is 6.54 Å². The molecule has 0 aliphatic rings. The predicted octanol–water partition coefficient (Wildman–Crippen LogP) is 2.21. The largest absolute Gasteiger partial charge is 0.459 e. The van der Waals surface area contributed by atoms with E-state index in [9.17, 15) is 14.4 Å². The minimum atomic E-state index is -0.870. The first-order valence-electron chi connectivity index (χ1n) is 7.18. The Morgan fingerprint density at radius 3 is 2.52 bits per heavy atom. The quantitative estimate of drug-likeness (QED) is 0.625. The van der Waals surface area contributed by atoms with Gasteiger partial charge in [0.1, 0.15) is 0 Å². The van der Waals surface area contributed by atoms with Gasteiger partial charge in [-0.3, -0.25) is 14.4 Å². The van der Waals surface area contributed by atoms with Crippen LogP contribution in [0.4, 0.5) is 0 Å². The van der Waals surface area contributed by atoms with Gasteiger partial charge in [-0.25, -0.2) is 0 Å². The van der Waals surface area contributed by atoms with E-state index in [1.807, 2.05) is 0 Å². The average Bonchev–Trinajstić information content (AvgIpc) is 3.09. The monoisotopic (exact) mass is 315 g/mol. The molecule has 0 unspecified atom stereocenters. The zero-order valence-corrected chi connectivity index (χ0v) is 12.7. The molecule has 0 bridgehead atoms. The van der Waals surface area contributed by atoms with Gasteiger partial charge in [0, 0.05) is 12.1 Å². The lowest BCUT2D eigenvalue weighted by Gasteiger charge is -2.12. The van der Waals surface area contributed by atoms with Crippen molar-refractivity contribution in [1.29, 1.82) is 0 Å². The highest BCUT2D eigenvalue weighted by atomic mass is 16.5. The molecule has 0 fully saturated rings. The number of carbonyl (C=O) groups is 3. The molecule has 0 aliphatic carbocycles. The maximum atomic E-state index is 12.1. The minimum Gasteiger partial charge on any atom is -0.459 e. The topological polar surface area (TPSA) is 85.6 Å². The molecule has 1 heterocycles. The molecule has 1 amide bonds. The standard InChI is InChI=1S/C17H17NO5/c1-12(16(20)13-6-3-2-4-7-13)23-15(19)9-10-18-17(21)14-8-5-11-22-14/h2-8,11-12H,9-10H2,1H3,(H,18,21)/t12-/m1/s1. The summed E-state index contributed by atoms with van der Waals surface area (Å²) in [5.41, 5.74) is 0.485. The summed E-state index contributed by atoms with van der Waals surface area (Å²) in [5.74, 6) is -1.05. The summed E-state index contributed by atoms with van der Waals surface area (Å²) in [4.78, 5) is 35.4. The van der Waals surface area contributed by atoms with E-state index in [-0.39, 0.29) is 24.5 Å². The van der Waals surface area contributed by atoms with E-state index >= 15 is 0 Å². The van der Waals surface area contributed by atoms with Crippen LogP contribution in [0.2, 0.25) is 0 Å². The summed E-state index contributed by atoms with van der Waals surface area (Å²) in [5, 5.41) is 2.53. The minimum absolute atomic E-state index is 0.0289. The fraction of sp³-hybridized carbons (Fsp3) is 0.235. The molecule has 0 radical (unpaired) electrons.